The number of aryl methyl sites for hydroxylation is 1. The first kappa shape index (κ1) is 11.4. The Morgan fingerprint density at radius 2 is 1.86 bits per heavy atom. The molecular formula is C8H16NO4Si+. The minimum Gasteiger partial charge on any atom is -0.410 e. The fourth-order valence-electron chi connectivity index (χ4n) is 1.19. The van der Waals surface area contributed by atoms with Crippen LogP contribution in [0.15, 0.2) is 16.9 Å². The second-order valence-electron chi connectivity index (χ2n) is 2.85. The van der Waals surface area contributed by atoms with E-state index in [0.717, 1.165) is 5.89 Å². The molecule has 0 spiro atoms. The number of nitrogens with zero attached hydrogens (tertiary/aromatic N) is 1. The summed E-state index contributed by atoms with van der Waals surface area (Å²) < 4.78 is 23.0. The summed E-state index contributed by atoms with van der Waals surface area (Å²) in [6.07, 6.45) is 4.00. The molecular weight excluding hydrogens is 202 g/mol. The van der Waals surface area contributed by atoms with E-state index >= 15 is 0 Å². The van der Waals surface area contributed by atoms with E-state index in [-0.39, 0.29) is 0 Å². The quantitative estimate of drug-likeness (QED) is 0.526. The Bertz CT molecular complexity index is 276. The normalized spacial score (nSPS) is 12.0. The van der Waals surface area contributed by atoms with Gasteiger partial charge in [-0.1, -0.05) is 0 Å². The largest absolute Gasteiger partial charge is 0.569 e. The Morgan fingerprint density at radius 1 is 1.29 bits per heavy atom. The molecule has 6 heteroatoms. The summed E-state index contributed by atoms with van der Waals surface area (Å²) in [5.74, 6) is 0.799. The smallest absolute Gasteiger partial charge is 0.410 e. The molecule has 0 aliphatic carbocycles. The molecule has 1 rings (SSSR count). The van der Waals surface area contributed by atoms with Crippen molar-refractivity contribution in [2.75, 3.05) is 21.3 Å². The molecule has 0 aliphatic heterocycles. The molecule has 0 amide bonds. The summed E-state index contributed by atoms with van der Waals surface area (Å²) >= 11 is 0. The van der Waals surface area contributed by atoms with Crippen molar-refractivity contribution in [3.63, 3.8) is 0 Å². The van der Waals surface area contributed by atoms with Gasteiger partial charge in [-0.05, 0) is 0 Å². The highest BCUT2D eigenvalue weighted by Gasteiger charge is 2.44. The Morgan fingerprint density at radius 3 is 2.21 bits per heavy atom. The van der Waals surface area contributed by atoms with Crippen LogP contribution in [0.25, 0.3) is 0 Å². The van der Waals surface area contributed by atoms with Crippen LogP contribution in [-0.4, -0.2) is 30.1 Å². The highest BCUT2D eigenvalue weighted by molar-refractivity contribution is 6.58. The summed E-state index contributed by atoms with van der Waals surface area (Å²) in [6.45, 7) is 1.88. The van der Waals surface area contributed by atoms with Gasteiger partial charge in [0.2, 0.25) is 12.4 Å². The van der Waals surface area contributed by atoms with Gasteiger partial charge < -0.3 is 17.7 Å². The minimum absolute atomic E-state index is 0.554. The molecule has 0 N–H and O–H groups in total. The van der Waals surface area contributed by atoms with Crippen LogP contribution in [0.2, 0.25) is 0 Å². The molecule has 5 nitrogen and oxygen atoms in total. The SMILES string of the molecule is CO[Si](C[n+]1ccoc1C)(OC)OC. The van der Waals surface area contributed by atoms with Gasteiger partial charge in [0.15, 0.2) is 6.26 Å². The Kier molecular flexibility index (Phi) is 3.82. The molecule has 0 bridgehead atoms. The third-order valence-electron chi connectivity index (χ3n) is 2.18. The maximum Gasteiger partial charge on any atom is 0.569 e. The van der Waals surface area contributed by atoms with E-state index < -0.39 is 8.80 Å². The lowest BCUT2D eigenvalue weighted by atomic mass is 10.7. The molecule has 0 atom stereocenters. The van der Waals surface area contributed by atoms with Gasteiger partial charge in [-0.3, -0.25) is 0 Å². The summed E-state index contributed by atoms with van der Waals surface area (Å²) in [5, 5.41) is 0. The predicted octanol–water partition coefficient (Wildman–Crippen LogP) is 0.293. The van der Waals surface area contributed by atoms with Crippen molar-refractivity contribution in [2.45, 2.75) is 13.1 Å². The lowest BCUT2D eigenvalue weighted by molar-refractivity contribution is -0.694. The van der Waals surface area contributed by atoms with Gasteiger partial charge in [0.05, 0.1) is 6.92 Å². The van der Waals surface area contributed by atoms with E-state index in [1.165, 1.54) is 0 Å². The fraction of sp³-hybridized carbons (Fsp3) is 0.625. The van der Waals surface area contributed by atoms with E-state index in [4.69, 9.17) is 17.7 Å². The van der Waals surface area contributed by atoms with Crippen LogP contribution in [-0.2, 0) is 19.4 Å². The molecule has 0 unspecified atom stereocenters. The van der Waals surface area contributed by atoms with Crippen molar-refractivity contribution in [1.29, 1.82) is 0 Å². The van der Waals surface area contributed by atoms with E-state index in [1.807, 2.05) is 17.7 Å². The summed E-state index contributed by atoms with van der Waals surface area (Å²) in [4.78, 5) is 0. The van der Waals surface area contributed by atoms with Crippen LogP contribution in [0.3, 0.4) is 0 Å². The second kappa shape index (κ2) is 4.69. The first-order valence-electron chi connectivity index (χ1n) is 4.26. The topological polar surface area (TPSA) is 44.7 Å². The van der Waals surface area contributed by atoms with Crippen LogP contribution < -0.4 is 4.57 Å². The maximum atomic E-state index is 5.30. The number of hydrogen-bond acceptors (Lipinski definition) is 4. The molecule has 14 heavy (non-hydrogen) atoms. The van der Waals surface area contributed by atoms with E-state index in [1.54, 1.807) is 27.6 Å². The Hall–Kier alpha value is -0.693. The summed E-state index contributed by atoms with van der Waals surface area (Å²) in [5.41, 5.74) is 0. The third kappa shape index (κ3) is 2.21. The summed E-state index contributed by atoms with van der Waals surface area (Å²) in [6, 6.07) is 0. The van der Waals surface area contributed by atoms with Crippen molar-refractivity contribution in [3.05, 3.63) is 18.4 Å². The van der Waals surface area contributed by atoms with Gasteiger partial charge in [0.25, 0.3) is 0 Å². The predicted molar refractivity (Wildman–Crippen MR) is 50.4 cm³/mol. The van der Waals surface area contributed by atoms with E-state index in [2.05, 4.69) is 0 Å². The fourth-order valence-corrected chi connectivity index (χ4v) is 2.82. The Balaban J connectivity index is 2.79. The summed E-state index contributed by atoms with van der Waals surface area (Å²) in [7, 11) is 2.23. The van der Waals surface area contributed by atoms with Gasteiger partial charge in [0, 0.05) is 21.3 Å². The first-order chi connectivity index (χ1) is 6.67. The molecule has 1 heterocycles. The molecule has 80 valence electrons. The zero-order valence-electron chi connectivity index (χ0n) is 8.94. The molecule has 0 saturated carbocycles. The maximum absolute atomic E-state index is 5.30. The van der Waals surface area contributed by atoms with Crippen molar-refractivity contribution in [3.8, 4) is 0 Å². The number of rotatable bonds is 5. The first-order valence-corrected chi connectivity index (χ1v) is 6.19. The standard InChI is InChI=1S/C8H16NO4Si/c1-8-9(5-6-13-8)7-14(10-2,11-3)12-4/h5-6H,7H2,1-4H3/q+1. The highest BCUT2D eigenvalue weighted by Crippen LogP contribution is 2.06. The molecule has 1 aromatic heterocycles. The lowest BCUT2D eigenvalue weighted by Crippen LogP contribution is -2.56. The monoisotopic (exact) mass is 218 g/mol. The van der Waals surface area contributed by atoms with Crippen LogP contribution in [0, 0.1) is 6.92 Å². The second-order valence-corrected chi connectivity index (χ2v) is 5.75. The Labute approximate surface area is 84.6 Å². The van der Waals surface area contributed by atoms with Crippen molar-refractivity contribution < 1.29 is 22.3 Å². The van der Waals surface area contributed by atoms with Crippen molar-refractivity contribution in [1.82, 2.24) is 0 Å². The average molecular weight is 218 g/mol. The van der Waals surface area contributed by atoms with Gasteiger partial charge >= 0.3 is 14.7 Å². The average Bonchev–Trinajstić information content (AvgIpc) is 2.61. The number of oxazole rings is 1. The molecule has 0 saturated heterocycles. The van der Waals surface area contributed by atoms with Crippen LogP contribution in [0.4, 0.5) is 0 Å². The van der Waals surface area contributed by atoms with Gasteiger partial charge in [0.1, 0.15) is 0 Å². The molecule has 0 fully saturated rings. The molecule has 0 radical (unpaired) electrons. The molecule has 0 aliphatic rings. The van der Waals surface area contributed by atoms with Crippen molar-refractivity contribution in [2.24, 2.45) is 0 Å². The third-order valence-corrected chi connectivity index (χ3v) is 4.77. The van der Waals surface area contributed by atoms with E-state index in [0.29, 0.717) is 6.17 Å². The lowest BCUT2D eigenvalue weighted by Gasteiger charge is -2.20. The zero-order chi connectivity index (χ0) is 10.6. The van der Waals surface area contributed by atoms with Crippen LogP contribution in [0.1, 0.15) is 5.89 Å². The minimum atomic E-state index is -2.55. The van der Waals surface area contributed by atoms with Gasteiger partial charge in [-0.25, -0.2) is 0 Å². The van der Waals surface area contributed by atoms with Crippen LogP contribution >= 0.6 is 0 Å². The molecule has 1 aromatic rings. The zero-order valence-corrected chi connectivity index (χ0v) is 9.94. The van der Waals surface area contributed by atoms with Gasteiger partial charge in [-0.2, -0.15) is 4.57 Å². The van der Waals surface area contributed by atoms with Gasteiger partial charge in [-0.15, -0.1) is 0 Å². The number of aromatic nitrogens is 1. The molecule has 0 aromatic carbocycles. The highest BCUT2D eigenvalue weighted by atomic mass is 28.4. The van der Waals surface area contributed by atoms with E-state index in [9.17, 15) is 0 Å². The van der Waals surface area contributed by atoms with Crippen molar-refractivity contribution >= 4 is 8.80 Å². The van der Waals surface area contributed by atoms with Crippen LogP contribution in [0.5, 0.6) is 0 Å². The number of hydrogen-bond donors (Lipinski definition) is 0.